The van der Waals surface area contributed by atoms with E-state index in [1.54, 1.807) is 31.2 Å². The van der Waals surface area contributed by atoms with Crippen molar-refractivity contribution in [2.24, 2.45) is 0 Å². The maximum Gasteiger partial charge on any atom is 0.261 e. The third-order valence-electron chi connectivity index (χ3n) is 4.66. The molecule has 0 aliphatic carbocycles. The summed E-state index contributed by atoms with van der Waals surface area (Å²) in [6, 6.07) is 20.7. The van der Waals surface area contributed by atoms with E-state index in [1.165, 1.54) is 11.4 Å². The highest BCUT2D eigenvalue weighted by Crippen LogP contribution is 2.21. The average molecular weight is 413 g/mol. The maximum absolute atomic E-state index is 12.4. The summed E-state index contributed by atoms with van der Waals surface area (Å²) in [7, 11) is -1.84. The Morgan fingerprint density at radius 3 is 2.34 bits per heavy atom. The van der Waals surface area contributed by atoms with Gasteiger partial charge >= 0.3 is 0 Å². The first kappa shape index (κ1) is 20.7. The van der Waals surface area contributed by atoms with Gasteiger partial charge in [-0.25, -0.2) is 8.42 Å². The Balaban J connectivity index is 1.57. The van der Waals surface area contributed by atoms with Crippen LogP contribution in [0.5, 0.6) is 5.75 Å². The Labute approximate surface area is 171 Å². The van der Waals surface area contributed by atoms with Crippen LogP contribution < -0.4 is 14.4 Å². The number of anilines is 1. The predicted octanol–water partition coefficient (Wildman–Crippen LogP) is 3.32. The second-order valence-electron chi connectivity index (χ2n) is 6.88. The maximum atomic E-state index is 12.4. The quantitative estimate of drug-likeness (QED) is 0.646. The number of nitrogens with zero attached hydrogens (tertiary/aromatic N) is 1. The van der Waals surface area contributed by atoms with E-state index in [-0.39, 0.29) is 5.91 Å². The summed E-state index contributed by atoms with van der Waals surface area (Å²) >= 11 is 0. The molecule has 3 rings (SSSR count). The Hall–Kier alpha value is -3.06. The van der Waals surface area contributed by atoms with Crippen molar-refractivity contribution < 1.29 is 17.9 Å². The second-order valence-corrected chi connectivity index (χ2v) is 8.90. The number of amides is 1. The summed E-state index contributed by atoms with van der Waals surface area (Å²) in [5.74, 6) is 0.263. The molecule has 3 aromatic carbocycles. The van der Waals surface area contributed by atoms with Gasteiger partial charge in [0.05, 0.1) is 11.9 Å². The van der Waals surface area contributed by atoms with Gasteiger partial charge in [0.25, 0.3) is 5.91 Å². The molecule has 152 valence electrons. The molecule has 1 atom stereocenters. The molecule has 1 N–H and O–H groups in total. The summed E-state index contributed by atoms with van der Waals surface area (Å²) in [5, 5.41) is 5.17. The molecule has 0 heterocycles. The van der Waals surface area contributed by atoms with E-state index in [0.29, 0.717) is 18.0 Å². The number of benzene rings is 3. The molecule has 1 amide bonds. The van der Waals surface area contributed by atoms with Gasteiger partial charge < -0.3 is 10.1 Å². The van der Waals surface area contributed by atoms with Gasteiger partial charge in [-0.2, -0.15) is 0 Å². The normalized spacial score (nSPS) is 12.4. The van der Waals surface area contributed by atoms with Crippen molar-refractivity contribution >= 4 is 32.4 Å². The van der Waals surface area contributed by atoms with E-state index in [9.17, 15) is 13.2 Å². The molecule has 1 unspecified atom stereocenters. The van der Waals surface area contributed by atoms with Crippen LogP contribution in [0.3, 0.4) is 0 Å². The van der Waals surface area contributed by atoms with Crippen molar-refractivity contribution in [2.45, 2.75) is 19.6 Å². The summed E-state index contributed by atoms with van der Waals surface area (Å²) < 4.78 is 30.0. The Morgan fingerprint density at radius 1 is 1.03 bits per heavy atom. The van der Waals surface area contributed by atoms with E-state index in [0.717, 1.165) is 22.6 Å². The monoisotopic (exact) mass is 412 g/mol. The Morgan fingerprint density at radius 2 is 1.69 bits per heavy atom. The van der Waals surface area contributed by atoms with Gasteiger partial charge in [0.15, 0.2) is 6.10 Å². The highest BCUT2D eigenvalue weighted by molar-refractivity contribution is 7.92. The number of carbonyl (C=O) groups is 1. The summed E-state index contributed by atoms with van der Waals surface area (Å²) in [6.07, 6.45) is 0.452. The zero-order valence-corrected chi connectivity index (χ0v) is 17.4. The van der Waals surface area contributed by atoms with Crippen LogP contribution in [-0.2, 0) is 21.4 Å². The molecule has 0 spiro atoms. The van der Waals surface area contributed by atoms with Gasteiger partial charge in [0.2, 0.25) is 10.0 Å². The topological polar surface area (TPSA) is 75.7 Å². The first-order valence-corrected chi connectivity index (χ1v) is 11.0. The van der Waals surface area contributed by atoms with Gasteiger partial charge in [-0.1, -0.05) is 36.4 Å². The summed E-state index contributed by atoms with van der Waals surface area (Å²) in [5.41, 5.74) is 1.53. The minimum Gasteiger partial charge on any atom is -0.481 e. The molecule has 7 heteroatoms. The molecule has 0 saturated carbocycles. The molecule has 0 radical (unpaired) electrons. The van der Waals surface area contributed by atoms with Gasteiger partial charge in [-0.05, 0) is 53.6 Å². The number of rotatable bonds is 7. The lowest BCUT2D eigenvalue weighted by Gasteiger charge is -2.18. The predicted molar refractivity (Wildman–Crippen MR) is 116 cm³/mol. The molecule has 0 fully saturated rings. The van der Waals surface area contributed by atoms with Crippen LogP contribution in [0.25, 0.3) is 10.8 Å². The third kappa shape index (κ3) is 5.26. The number of hydrogen-bond acceptors (Lipinski definition) is 4. The van der Waals surface area contributed by atoms with Crippen LogP contribution in [0, 0.1) is 0 Å². The first-order chi connectivity index (χ1) is 13.7. The fourth-order valence-corrected chi connectivity index (χ4v) is 3.37. The summed E-state index contributed by atoms with van der Waals surface area (Å²) in [4.78, 5) is 12.4. The second kappa shape index (κ2) is 8.53. The minimum atomic E-state index is -3.32. The largest absolute Gasteiger partial charge is 0.481 e. The van der Waals surface area contributed by atoms with Crippen molar-refractivity contribution in [3.63, 3.8) is 0 Å². The van der Waals surface area contributed by atoms with Crippen molar-refractivity contribution in [1.82, 2.24) is 5.32 Å². The minimum absolute atomic E-state index is 0.226. The van der Waals surface area contributed by atoms with Crippen LogP contribution in [0.4, 0.5) is 5.69 Å². The smallest absolute Gasteiger partial charge is 0.261 e. The van der Waals surface area contributed by atoms with E-state index in [1.807, 2.05) is 36.4 Å². The van der Waals surface area contributed by atoms with Crippen molar-refractivity contribution in [1.29, 1.82) is 0 Å². The number of ether oxygens (including phenoxy) is 1. The lowest BCUT2D eigenvalue weighted by Crippen LogP contribution is -2.35. The van der Waals surface area contributed by atoms with Crippen molar-refractivity contribution in [3.8, 4) is 5.75 Å². The van der Waals surface area contributed by atoms with E-state index < -0.39 is 16.1 Å². The number of fused-ring (bicyclic) bond motifs is 1. The van der Waals surface area contributed by atoms with Crippen molar-refractivity contribution in [3.05, 3.63) is 72.3 Å². The zero-order chi connectivity index (χ0) is 21.0. The van der Waals surface area contributed by atoms with E-state index >= 15 is 0 Å². The number of sulfonamides is 1. The number of hydrogen-bond donors (Lipinski definition) is 1. The van der Waals surface area contributed by atoms with Crippen LogP contribution in [-0.4, -0.2) is 33.7 Å². The molecule has 29 heavy (non-hydrogen) atoms. The van der Waals surface area contributed by atoms with Gasteiger partial charge in [-0.3, -0.25) is 9.10 Å². The fraction of sp³-hybridized carbons (Fsp3) is 0.227. The number of carbonyl (C=O) groups excluding carboxylic acids is 1. The van der Waals surface area contributed by atoms with Crippen molar-refractivity contribution in [2.75, 3.05) is 17.6 Å². The first-order valence-electron chi connectivity index (χ1n) is 9.20. The molecule has 3 aromatic rings. The van der Waals surface area contributed by atoms with Crippen LogP contribution >= 0.6 is 0 Å². The Bertz CT molecular complexity index is 1110. The third-order valence-corrected chi connectivity index (χ3v) is 5.87. The number of nitrogens with one attached hydrogen (secondary N) is 1. The van der Waals surface area contributed by atoms with E-state index in [4.69, 9.17) is 4.74 Å². The molecule has 0 aliphatic rings. The average Bonchev–Trinajstić information content (AvgIpc) is 2.71. The Kier molecular flexibility index (Phi) is 6.08. The molecular weight excluding hydrogens is 388 g/mol. The lowest BCUT2D eigenvalue weighted by molar-refractivity contribution is -0.127. The lowest BCUT2D eigenvalue weighted by atomic mass is 10.1. The highest BCUT2D eigenvalue weighted by Gasteiger charge is 2.16. The molecule has 0 saturated heterocycles. The van der Waals surface area contributed by atoms with E-state index in [2.05, 4.69) is 11.4 Å². The molecular formula is C22H24N2O4S. The highest BCUT2D eigenvalue weighted by atomic mass is 32.2. The van der Waals surface area contributed by atoms with Crippen LogP contribution in [0.1, 0.15) is 12.5 Å². The SMILES string of the molecule is CC(Oc1ccc(N(C)S(C)(=O)=O)cc1)C(=O)NCc1ccc2ccccc2c1. The van der Waals surface area contributed by atoms with Gasteiger partial charge in [0, 0.05) is 13.6 Å². The summed E-state index contributed by atoms with van der Waals surface area (Å²) in [6.45, 7) is 2.09. The molecule has 0 bridgehead atoms. The zero-order valence-electron chi connectivity index (χ0n) is 16.6. The van der Waals surface area contributed by atoms with Gasteiger partial charge in [0.1, 0.15) is 5.75 Å². The fourth-order valence-electron chi connectivity index (χ4n) is 2.87. The van der Waals surface area contributed by atoms with Gasteiger partial charge in [-0.15, -0.1) is 0 Å². The molecule has 0 aromatic heterocycles. The van der Waals surface area contributed by atoms with Crippen LogP contribution in [0.15, 0.2) is 66.7 Å². The molecule has 6 nitrogen and oxygen atoms in total. The molecule has 0 aliphatic heterocycles. The standard InChI is InChI=1S/C22H24N2O4S/c1-16(28-21-12-10-20(11-13-21)24(2)29(3,26)27)22(25)23-15-17-8-9-18-6-4-5-7-19(18)14-17/h4-14,16H,15H2,1-3H3,(H,23,25). The van der Waals surface area contributed by atoms with Crippen LogP contribution in [0.2, 0.25) is 0 Å².